The second-order valence-corrected chi connectivity index (χ2v) is 14.7. The summed E-state index contributed by atoms with van der Waals surface area (Å²) in [7, 11) is 0. The second kappa shape index (κ2) is 44.5. The van der Waals surface area contributed by atoms with Gasteiger partial charge >= 0.3 is 5.97 Å². The molecular formula is C47H86O4. The van der Waals surface area contributed by atoms with Crippen molar-refractivity contribution in [2.24, 2.45) is 0 Å². The van der Waals surface area contributed by atoms with Gasteiger partial charge in [0.15, 0.2) is 0 Å². The topological polar surface area (TPSA) is 55.8 Å². The van der Waals surface area contributed by atoms with Crippen molar-refractivity contribution in [2.75, 3.05) is 19.8 Å². The van der Waals surface area contributed by atoms with Gasteiger partial charge < -0.3 is 14.6 Å². The molecule has 4 heteroatoms. The van der Waals surface area contributed by atoms with E-state index in [0.717, 1.165) is 51.4 Å². The maximum absolute atomic E-state index is 12.2. The number of rotatable bonds is 41. The minimum atomic E-state index is -0.554. The summed E-state index contributed by atoms with van der Waals surface area (Å²) in [5.41, 5.74) is 0. The van der Waals surface area contributed by atoms with E-state index >= 15 is 0 Å². The number of carbonyl (C=O) groups is 1. The SMILES string of the molecule is CC/C=C\C/C=C\C/C=C\C/C=C\CCCCC(=O)OC(CO)COCCCCCCCCCCCCCCCCCCCCCCCCCC. The van der Waals surface area contributed by atoms with Gasteiger partial charge in [-0.3, -0.25) is 4.79 Å². The summed E-state index contributed by atoms with van der Waals surface area (Å²) in [6.07, 6.45) is 57.6. The molecule has 0 amide bonds. The third kappa shape index (κ3) is 42.7. The van der Waals surface area contributed by atoms with Crippen molar-refractivity contribution in [3.05, 3.63) is 48.6 Å². The first-order valence-corrected chi connectivity index (χ1v) is 22.2. The van der Waals surface area contributed by atoms with Crippen LogP contribution in [0, 0.1) is 0 Å². The van der Waals surface area contributed by atoms with Crippen LogP contribution in [0.1, 0.15) is 219 Å². The number of allylic oxidation sites excluding steroid dienone is 8. The lowest BCUT2D eigenvalue weighted by Gasteiger charge is -2.15. The standard InChI is InChI=1S/C47H86O4/c1-3-5-7-9-11-13-15-17-19-20-21-22-23-24-25-26-27-29-31-33-35-37-39-41-43-50-45-46(44-48)51-47(49)42-40-38-36-34-32-30-28-18-16-14-12-10-8-6-4-2/h6,8,12,14,18,28,32,34,46,48H,3-5,7,9-11,13,15-17,19-27,29-31,33,35-45H2,1-2H3/b8-6-,14-12-,28-18-,34-32-. The third-order valence-electron chi connectivity index (χ3n) is 9.67. The van der Waals surface area contributed by atoms with Crippen LogP contribution in [0.25, 0.3) is 0 Å². The summed E-state index contributed by atoms with van der Waals surface area (Å²) in [5, 5.41) is 9.59. The minimum absolute atomic E-state index is 0.187. The highest BCUT2D eigenvalue weighted by atomic mass is 16.6. The molecule has 0 aliphatic heterocycles. The molecule has 0 aromatic carbocycles. The molecule has 1 unspecified atom stereocenters. The van der Waals surface area contributed by atoms with Gasteiger partial charge in [0.05, 0.1) is 13.2 Å². The van der Waals surface area contributed by atoms with E-state index in [-0.39, 0.29) is 19.2 Å². The maximum atomic E-state index is 12.2. The summed E-state index contributed by atoms with van der Waals surface area (Å²) >= 11 is 0. The Labute approximate surface area is 318 Å². The van der Waals surface area contributed by atoms with Gasteiger partial charge in [-0.1, -0.05) is 210 Å². The van der Waals surface area contributed by atoms with Crippen molar-refractivity contribution in [1.82, 2.24) is 0 Å². The molecule has 0 bridgehead atoms. The predicted octanol–water partition coefficient (Wildman–Crippen LogP) is 14.7. The van der Waals surface area contributed by atoms with Gasteiger partial charge in [-0.2, -0.15) is 0 Å². The van der Waals surface area contributed by atoms with Gasteiger partial charge in [-0.15, -0.1) is 0 Å². The summed E-state index contributed by atoms with van der Waals surface area (Å²) in [6.45, 7) is 5.21. The Morgan fingerprint density at radius 1 is 0.490 bits per heavy atom. The number of unbranched alkanes of at least 4 members (excludes halogenated alkanes) is 25. The zero-order valence-corrected chi connectivity index (χ0v) is 34.1. The lowest BCUT2D eigenvalue weighted by molar-refractivity contribution is -0.154. The molecular weight excluding hydrogens is 629 g/mol. The Bertz CT molecular complexity index is 798. The molecule has 51 heavy (non-hydrogen) atoms. The lowest BCUT2D eigenvalue weighted by atomic mass is 10.0. The molecule has 0 spiro atoms. The number of carbonyl (C=O) groups excluding carboxylic acids is 1. The lowest BCUT2D eigenvalue weighted by Crippen LogP contribution is -2.27. The van der Waals surface area contributed by atoms with Crippen LogP contribution in [0.4, 0.5) is 0 Å². The normalized spacial score (nSPS) is 12.8. The van der Waals surface area contributed by atoms with Crippen molar-refractivity contribution in [3.8, 4) is 0 Å². The molecule has 1 N–H and O–H groups in total. The van der Waals surface area contributed by atoms with E-state index in [4.69, 9.17) is 9.47 Å². The Morgan fingerprint density at radius 2 is 0.882 bits per heavy atom. The van der Waals surface area contributed by atoms with Gasteiger partial charge in [0.25, 0.3) is 0 Å². The Morgan fingerprint density at radius 3 is 1.29 bits per heavy atom. The van der Waals surface area contributed by atoms with Crippen molar-refractivity contribution in [1.29, 1.82) is 0 Å². The number of esters is 1. The number of aliphatic hydroxyl groups excluding tert-OH is 1. The molecule has 4 nitrogen and oxygen atoms in total. The van der Waals surface area contributed by atoms with Crippen LogP contribution in [-0.2, 0) is 14.3 Å². The molecule has 0 rings (SSSR count). The number of hydrogen-bond acceptors (Lipinski definition) is 4. The van der Waals surface area contributed by atoms with Crippen molar-refractivity contribution < 1.29 is 19.4 Å². The molecule has 0 radical (unpaired) electrons. The summed E-state index contributed by atoms with van der Waals surface area (Å²) in [5.74, 6) is -0.238. The molecule has 0 aromatic heterocycles. The largest absolute Gasteiger partial charge is 0.457 e. The average molecular weight is 715 g/mol. The molecule has 0 saturated carbocycles. The molecule has 0 aliphatic carbocycles. The van der Waals surface area contributed by atoms with Crippen LogP contribution < -0.4 is 0 Å². The zero-order valence-electron chi connectivity index (χ0n) is 34.1. The Kier molecular flexibility index (Phi) is 43.1. The number of aliphatic hydroxyl groups is 1. The fraction of sp³-hybridized carbons (Fsp3) is 0.809. The Balaban J connectivity index is 3.41. The van der Waals surface area contributed by atoms with E-state index in [1.165, 1.54) is 148 Å². The maximum Gasteiger partial charge on any atom is 0.306 e. The van der Waals surface area contributed by atoms with E-state index in [1.54, 1.807) is 0 Å². The van der Waals surface area contributed by atoms with Crippen LogP contribution in [0.3, 0.4) is 0 Å². The fourth-order valence-electron chi connectivity index (χ4n) is 6.38. The highest BCUT2D eigenvalue weighted by molar-refractivity contribution is 5.69. The first-order valence-electron chi connectivity index (χ1n) is 22.2. The van der Waals surface area contributed by atoms with Crippen molar-refractivity contribution in [2.45, 2.75) is 225 Å². The highest BCUT2D eigenvalue weighted by Gasteiger charge is 2.13. The molecule has 0 fully saturated rings. The molecule has 0 saturated heterocycles. The predicted molar refractivity (Wildman–Crippen MR) is 223 cm³/mol. The number of hydrogen-bond donors (Lipinski definition) is 1. The molecule has 0 heterocycles. The summed E-state index contributed by atoms with van der Waals surface area (Å²) in [6, 6.07) is 0. The van der Waals surface area contributed by atoms with Gasteiger partial charge in [0.2, 0.25) is 0 Å². The van der Waals surface area contributed by atoms with Crippen LogP contribution in [0.2, 0.25) is 0 Å². The van der Waals surface area contributed by atoms with Gasteiger partial charge in [0.1, 0.15) is 6.10 Å². The average Bonchev–Trinajstić information content (AvgIpc) is 3.14. The van der Waals surface area contributed by atoms with E-state index in [0.29, 0.717) is 13.0 Å². The molecule has 0 aliphatic rings. The van der Waals surface area contributed by atoms with E-state index in [2.05, 4.69) is 62.5 Å². The first-order chi connectivity index (χ1) is 25.2. The van der Waals surface area contributed by atoms with Crippen LogP contribution in [0.5, 0.6) is 0 Å². The van der Waals surface area contributed by atoms with Gasteiger partial charge in [-0.25, -0.2) is 0 Å². The van der Waals surface area contributed by atoms with Crippen LogP contribution in [-0.4, -0.2) is 37.0 Å². The monoisotopic (exact) mass is 715 g/mol. The fourth-order valence-corrected chi connectivity index (χ4v) is 6.38. The summed E-state index contributed by atoms with van der Waals surface area (Å²) in [4.78, 5) is 12.2. The third-order valence-corrected chi connectivity index (χ3v) is 9.67. The molecule has 298 valence electrons. The Hall–Kier alpha value is -1.65. The quantitative estimate of drug-likeness (QED) is 0.0389. The van der Waals surface area contributed by atoms with Crippen LogP contribution in [0.15, 0.2) is 48.6 Å². The van der Waals surface area contributed by atoms with Crippen LogP contribution >= 0.6 is 0 Å². The van der Waals surface area contributed by atoms with Gasteiger partial charge in [-0.05, 0) is 51.4 Å². The summed E-state index contributed by atoms with van der Waals surface area (Å²) < 4.78 is 11.1. The van der Waals surface area contributed by atoms with E-state index in [9.17, 15) is 9.90 Å². The van der Waals surface area contributed by atoms with E-state index < -0.39 is 6.10 Å². The first kappa shape index (κ1) is 49.4. The second-order valence-electron chi connectivity index (χ2n) is 14.7. The van der Waals surface area contributed by atoms with Crippen molar-refractivity contribution >= 4 is 5.97 Å². The molecule has 1 atom stereocenters. The zero-order chi connectivity index (χ0) is 37.0. The smallest absolute Gasteiger partial charge is 0.306 e. The molecule has 0 aromatic rings. The minimum Gasteiger partial charge on any atom is -0.457 e. The highest BCUT2D eigenvalue weighted by Crippen LogP contribution is 2.16. The van der Waals surface area contributed by atoms with Gasteiger partial charge in [0, 0.05) is 13.0 Å². The van der Waals surface area contributed by atoms with Crippen molar-refractivity contribution in [3.63, 3.8) is 0 Å². The number of ether oxygens (including phenoxy) is 2. The van der Waals surface area contributed by atoms with E-state index in [1.807, 2.05) is 0 Å².